The van der Waals surface area contributed by atoms with Gasteiger partial charge < -0.3 is 9.47 Å². The van der Waals surface area contributed by atoms with Crippen LogP contribution in [0.1, 0.15) is 5.56 Å². The Morgan fingerprint density at radius 2 is 2.18 bits per heavy atom. The first-order valence-electron chi connectivity index (χ1n) is 4.66. The second-order valence-corrected chi connectivity index (χ2v) is 3.46. The highest BCUT2D eigenvalue weighted by atomic mass is 35.5. The summed E-state index contributed by atoms with van der Waals surface area (Å²) in [4.78, 5) is 11.2. The lowest BCUT2D eigenvalue weighted by Crippen LogP contribution is -2.02. The van der Waals surface area contributed by atoms with Crippen molar-refractivity contribution >= 4 is 23.6 Å². The van der Waals surface area contributed by atoms with Gasteiger partial charge in [0.25, 0.3) is 0 Å². The van der Waals surface area contributed by atoms with Crippen LogP contribution in [0, 0.1) is 11.3 Å². The summed E-state index contributed by atoms with van der Waals surface area (Å²) in [7, 11) is 2.72. The first kappa shape index (κ1) is 13.1. The van der Waals surface area contributed by atoms with Gasteiger partial charge in [0.05, 0.1) is 19.2 Å². The van der Waals surface area contributed by atoms with Crippen molar-refractivity contribution < 1.29 is 14.3 Å². The molecule has 0 fully saturated rings. The largest absolute Gasteiger partial charge is 0.495 e. The number of rotatable bonds is 3. The number of carbonyl (C=O) groups excluding carboxylic acids is 1. The third-order valence-corrected chi connectivity index (χ3v) is 2.31. The molecule has 0 saturated heterocycles. The van der Waals surface area contributed by atoms with Gasteiger partial charge >= 0.3 is 5.97 Å². The number of benzene rings is 1. The fourth-order valence-electron chi connectivity index (χ4n) is 1.19. The van der Waals surface area contributed by atoms with E-state index in [1.54, 1.807) is 24.3 Å². The predicted octanol–water partition coefficient (Wildman–Crippen LogP) is 2.43. The minimum Gasteiger partial charge on any atom is -0.495 e. The number of esters is 1. The molecule has 0 saturated carbocycles. The molecule has 0 aliphatic carbocycles. The van der Waals surface area contributed by atoms with Gasteiger partial charge in [-0.05, 0) is 23.8 Å². The summed E-state index contributed by atoms with van der Waals surface area (Å²) < 4.78 is 9.45. The van der Waals surface area contributed by atoms with E-state index in [-0.39, 0.29) is 5.57 Å². The molecule has 0 amide bonds. The van der Waals surface area contributed by atoms with E-state index in [1.165, 1.54) is 20.3 Å². The van der Waals surface area contributed by atoms with E-state index in [0.717, 1.165) is 0 Å². The molecule has 0 aromatic heterocycles. The zero-order valence-electron chi connectivity index (χ0n) is 9.36. The zero-order chi connectivity index (χ0) is 12.8. The van der Waals surface area contributed by atoms with E-state index < -0.39 is 5.97 Å². The minimum absolute atomic E-state index is 0.0891. The summed E-state index contributed by atoms with van der Waals surface area (Å²) in [6, 6.07) is 6.70. The van der Waals surface area contributed by atoms with Gasteiger partial charge in [-0.25, -0.2) is 4.79 Å². The van der Waals surface area contributed by atoms with E-state index in [0.29, 0.717) is 16.3 Å². The Hall–Kier alpha value is -1.99. The van der Waals surface area contributed by atoms with Crippen molar-refractivity contribution in [2.24, 2.45) is 0 Å². The lowest BCUT2D eigenvalue weighted by atomic mass is 10.1. The molecule has 4 nitrogen and oxygen atoms in total. The monoisotopic (exact) mass is 251 g/mol. The van der Waals surface area contributed by atoms with Gasteiger partial charge in [0.2, 0.25) is 0 Å². The van der Waals surface area contributed by atoms with E-state index >= 15 is 0 Å². The molecule has 0 radical (unpaired) electrons. The maximum Gasteiger partial charge on any atom is 0.348 e. The summed E-state index contributed by atoms with van der Waals surface area (Å²) in [5.41, 5.74) is 0.534. The maximum atomic E-state index is 11.2. The van der Waals surface area contributed by atoms with Gasteiger partial charge in [0.1, 0.15) is 17.4 Å². The average Bonchev–Trinajstić information content (AvgIpc) is 2.35. The van der Waals surface area contributed by atoms with Crippen molar-refractivity contribution in [2.75, 3.05) is 14.2 Å². The molecule has 0 atom stereocenters. The minimum atomic E-state index is -0.681. The third-order valence-electron chi connectivity index (χ3n) is 2.01. The summed E-state index contributed by atoms with van der Waals surface area (Å²) in [6.07, 6.45) is 1.40. The molecule has 0 aliphatic heterocycles. The number of methoxy groups -OCH3 is 2. The van der Waals surface area contributed by atoms with Crippen molar-refractivity contribution in [3.63, 3.8) is 0 Å². The average molecular weight is 252 g/mol. The smallest absolute Gasteiger partial charge is 0.348 e. The number of hydrogen-bond acceptors (Lipinski definition) is 4. The molecule has 1 rings (SSSR count). The summed E-state index contributed by atoms with van der Waals surface area (Å²) in [5.74, 6) is -0.153. The number of hydrogen-bond donors (Lipinski definition) is 0. The van der Waals surface area contributed by atoms with E-state index in [2.05, 4.69) is 4.74 Å². The van der Waals surface area contributed by atoms with Crippen LogP contribution in [0.4, 0.5) is 0 Å². The molecule has 17 heavy (non-hydrogen) atoms. The first-order chi connectivity index (χ1) is 8.12. The number of nitrogens with zero attached hydrogens (tertiary/aromatic N) is 1. The summed E-state index contributed by atoms with van der Waals surface area (Å²) in [6.45, 7) is 0. The second kappa shape index (κ2) is 5.92. The maximum absolute atomic E-state index is 11.2. The van der Waals surface area contributed by atoms with Crippen LogP contribution in [0.25, 0.3) is 6.08 Å². The molecular formula is C12H10ClNO3. The SMILES string of the molecule is COC(=O)/C(C#N)=C/c1ccc(OC)c(Cl)c1. The van der Waals surface area contributed by atoms with Gasteiger partial charge in [-0.1, -0.05) is 17.7 Å². The molecule has 1 aromatic rings. The van der Waals surface area contributed by atoms with Crippen LogP contribution in [0.2, 0.25) is 5.02 Å². The molecule has 5 heteroatoms. The van der Waals surface area contributed by atoms with Crippen LogP contribution in [-0.4, -0.2) is 20.2 Å². The molecule has 0 aliphatic rings. The summed E-state index contributed by atoms with van der Waals surface area (Å²) in [5, 5.41) is 9.19. The van der Waals surface area contributed by atoms with Crippen molar-refractivity contribution in [1.29, 1.82) is 5.26 Å². The normalized spacial score (nSPS) is 10.6. The fourth-order valence-corrected chi connectivity index (χ4v) is 1.45. The molecule has 0 spiro atoms. The molecule has 0 unspecified atom stereocenters. The number of nitriles is 1. The zero-order valence-corrected chi connectivity index (χ0v) is 10.1. The Morgan fingerprint density at radius 1 is 1.47 bits per heavy atom. The Labute approximate surface area is 104 Å². The molecule has 1 aromatic carbocycles. The number of carbonyl (C=O) groups is 1. The molecule has 0 bridgehead atoms. The van der Waals surface area contributed by atoms with Gasteiger partial charge in [0, 0.05) is 0 Å². The highest BCUT2D eigenvalue weighted by molar-refractivity contribution is 6.32. The quantitative estimate of drug-likeness (QED) is 0.470. The molecular weight excluding hydrogens is 242 g/mol. The molecule has 0 heterocycles. The third kappa shape index (κ3) is 3.23. The van der Waals surface area contributed by atoms with Crippen LogP contribution in [0.15, 0.2) is 23.8 Å². The van der Waals surface area contributed by atoms with Crippen LogP contribution in [0.3, 0.4) is 0 Å². The Kier molecular flexibility index (Phi) is 4.56. The van der Waals surface area contributed by atoms with Gasteiger partial charge in [-0.2, -0.15) is 5.26 Å². The van der Waals surface area contributed by atoms with E-state index in [9.17, 15) is 4.79 Å². The van der Waals surface area contributed by atoms with Crippen molar-refractivity contribution in [1.82, 2.24) is 0 Å². The van der Waals surface area contributed by atoms with Crippen molar-refractivity contribution in [3.8, 4) is 11.8 Å². The Morgan fingerprint density at radius 3 is 2.65 bits per heavy atom. The lowest BCUT2D eigenvalue weighted by molar-refractivity contribution is -0.135. The topological polar surface area (TPSA) is 59.3 Å². The van der Waals surface area contributed by atoms with Crippen LogP contribution in [0.5, 0.6) is 5.75 Å². The van der Waals surface area contributed by atoms with E-state index in [4.69, 9.17) is 21.6 Å². The van der Waals surface area contributed by atoms with Crippen molar-refractivity contribution in [3.05, 3.63) is 34.4 Å². The van der Waals surface area contributed by atoms with Gasteiger partial charge in [-0.3, -0.25) is 0 Å². The van der Waals surface area contributed by atoms with Crippen molar-refractivity contribution in [2.45, 2.75) is 0 Å². The molecule has 88 valence electrons. The first-order valence-corrected chi connectivity index (χ1v) is 5.03. The number of ether oxygens (including phenoxy) is 2. The Bertz CT molecular complexity index is 503. The van der Waals surface area contributed by atoms with Gasteiger partial charge in [0.15, 0.2) is 0 Å². The van der Waals surface area contributed by atoms with E-state index in [1.807, 2.05) is 0 Å². The second-order valence-electron chi connectivity index (χ2n) is 3.06. The standard InChI is InChI=1S/C12H10ClNO3/c1-16-11-4-3-8(6-10(11)13)5-9(7-14)12(15)17-2/h3-6H,1-2H3/b9-5+. The number of halogens is 1. The Balaban J connectivity index is 3.10. The van der Waals surface area contributed by atoms with Crippen LogP contribution < -0.4 is 4.74 Å². The van der Waals surface area contributed by atoms with Crippen LogP contribution >= 0.6 is 11.6 Å². The lowest BCUT2D eigenvalue weighted by Gasteiger charge is -2.03. The van der Waals surface area contributed by atoms with Gasteiger partial charge in [-0.15, -0.1) is 0 Å². The predicted molar refractivity (Wildman–Crippen MR) is 63.6 cm³/mol. The highest BCUT2D eigenvalue weighted by Crippen LogP contribution is 2.25. The highest BCUT2D eigenvalue weighted by Gasteiger charge is 2.09. The summed E-state index contributed by atoms with van der Waals surface area (Å²) >= 11 is 5.92. The fraction of sp³-hybridized carbons (Fsp3) is 0.167. The van der Waals surface area contributed by atoms with Crippen LogP contribution in [-0.2, 0) is 9.53 Å². The molecule has 0 N–H and O–H groups in total.